The smallest absolute Gasteiger partial charge is 0.327 e. The van der Waals surface area contributed by atoms with Crippen LogP contribution in [0.5, 0.6) is 0 Å². The molecule has 0 aromatic carbocycles. The van der Waals surface area contributed by atoms with Gasteiger partial charge in [-0.15, -0.1) is 5.10 Å². The van der Waals surface area contributed by atoms with Gasteiger partial charge in [0.2, 0.25) is 0 Å². The Morgan fingerprint density at radius 1 is 1.50 bits per heavy atom. The number of rotatable bonds is 5. The van der Waals surface area contributed by atoms with Crippen molar-refractivity contribution < 1.29 is 0 Å². The van der Waals surface area contributed by atoms with Crippen molar-refractivity contribution in [2.45, 2.75) is 69.4 Å². The van der Waals surface area contributed by atoms with Crippen molar-refractivity contribution in [3.8, 4) is 0 Å². The molecule has 20 heavy (non-hydrogen) atoms. The lowest BCUT2D eigenvalue weighted by Gasteiger charge is -2.35. The van der Waals surface area contributed by atoms with Crippen LogP contribution in [-0.2, 0) is 6.54 Å². The van der Waals surface area contributed by atoms with E-state index in [1.54, 1.807) is 16.3 Å². The van der Waals surface area contributed by atoms with Gasteiger partial charge in [0.15, 0.2) is 5.16 Å². The van der Waals surface area contributed by atoms with E-state index < -0.39 is 0 Å². The average Bonchev–Trinajstić information content (AvgIpc) is 2.74. The van der Waals surface area contributed by atoms with Gasteiger partial charge in [-0.05, 0) is 37.5 Å². The van der Waals surface area contributed by atoms with Gasteiger partial charge in [0.1, 0.15) is 0 Å². The van der Waals surface area contributed by atoms with E-state index in [1.165, 1.54) is 6.42 Å². The van der Waals surface area contributed by atoms with Crippen LogP contribution in [-0.4, -0.2) is 26.1 Å². The van der Waals surface area contributed by atoms with Crippen molar-refractivity contribution in [3.63, 3.8) is 0 Å². The van der Waals surface area contributed by atoms with Crippen molar-refractivity contribution in [3.05, 3.63) is 10.5 Å². The summed E-state index contributed by atoms with van der Waals surface area (Å²) in [6.45, 7) is 7.35. The Balaban J connectivity index is 2.09. The lowest BCUT2D eigenvalue weighted by Crippen LogP contribution is -2.39. The Kier molecular flexibility index (Phi) is 5.32. The highest BCUT2D eigenvalue weighted by atomic mass is 32.2. The quantitative estimate of drug-likeness (QED) is 0.874. The predicted molar refractivity (Wildman–Crippen MR) is 82.9 cm³/mol. The maximum Gasteiger partial charge on any atom is 0.343 e. The number of aromatic amines is 1. The minimum absolute atomic E-state index is 0.112. The van der Waals surface area contributed by atoms with E-state index in [-0.39, 0.29) is 11.7 Å². The minimum Gasteiger partial charge on any atom is -0.327 e. The fourth-order valence-electron chi connectivity index (χ4n) is 2.87. The second kappa shape index (κ2) is 6.80. The summed E-state index contributed by atoms with van der Waals surface area (Å²) in [6, 6.07) is 0.205. The van der Waals surface area contributed by atoms with E-state index >= 15 is 0 Å². The maximum absolute atomic E-state index is 11.7. The van der Waals surface area contributed by atoms with Gasteiger partial charge in [-0.3, -0.25) is 4.57 Å². The second-order valence-corrected chi connectivity index (χ2v) is 7.31. The zero-order valence-corrected chi connectivity index (χ0v) is 13.4. The molecule has 1 heterocycles. The van der Waals surface area contributed by atoms with Gasteiger partial charge in [-0.2, -0.15) is 0 Å². The molecule has 3 N–H and O–H groups in total. The first-order valence-electron chi connectivity index (χ1n) is 7.60. The van der Waals surface area contributed by atoms with Gasteiger partial charge in [0.05, 0.1) is 0 Å². The van der Waals surface area contributed by atoms with E-state index in [9.17, 15) is 4.79 Å². The molecule has 1 fully saturated rings. The lowest BCUT2D eigenvalue weighted by molar-refractivity contribution is 0.266. The molecule has 1 aliphatic carbocycles. The van der Waals surface area contributed by atoms with Crippen molar-refractivity contribution in [2.24, 2.45) is 17.6 Å². The summed E-state index contributed by atoms with van der Waals surface area (Å²) < 4.78 is 1.73. The number of aromatic nitrogens is 3. The average molecular weight is 298 g/mol. The first kappa shape index (κ1) is 15.6. The van der Waals surface area contributed by atoms with Crippen LogP contribution in [0.4, 0.5) is 0 Å². The number of nitrogens with two attached hydrogens (primary N) is 1. The number of thioether (sulfide) groups is 1. The number of hydrogen-bond acceptors (Lipinski definition) is 4. The van der Waals surface area contributed by atoms with Crippen molar-refractivity contribution in [1.82, 2.24) is 14.8 Å². The maximum atomic E-state index is 11.7. The van der Waals surface area contributed by atoms with Crippen molar-refractivity contribution in [2.75, 3.05) is 0 Å². The number of H-pyrrole nitrogens is 1. The number of nitrogens with one attached hydrogen (secondary N) is 1. The Bertz CT molecular complexity index is 482. The standard InChI is InChI=1S/C14H26N4OS/c1-4-7-18-13(19)16-17-14(18)20-12-8-10(9(2)3)5-6-11(12)15/h9-12H,4-8,15H2,1-3H3,(H,16,19). The SMILES string of the molecule is CCCn1c(SC2CC(C(C)C)CCC2N)n[nH]c1=O. The van der Waals surface area contributed by atoms with Gasteiger partial charge in [0, 0.05) is 17.8 Å². The fourth-order valence-corrected chi connectivity index (χ4v) is 4.20. The van der Waals surface area contributed by atoms with E-state index in [0.29, 0.717) is 17.7 Å². The van der Waals surface area contributed by atoms with E-state index in [4.69, 9.17) is 5.73 Å². The zero-order chi connectivity index (χ0) is 14.7. The highest BCUT2D eigenvalue weighted by molar-refractivity contribution is 7.99. The Morgan fingerprint density at radius 3 is 2.90 bits per heavy atom. The Hall–Kier alpha value is -0.750. The van der Waals surface area contributed by atoms with Crippen molar-refractivity contribution in [1.29, 1.82) is 0 Å². The summed E-state index contributed by atoms with van der Waals surface area (Å²) in [4.78, 5) is 11.7. The number of nitrogens with zero attached hydrogens (tertiary/aromatic N) is 2. The molecule has 0 saturated heterocycles. The third-order valence-electron chi connectivity index (χ3n) is 4.25. The van der Waals surface area contributed by atoms with E-state index in [0.717, 1.165) is 30.3 Å². The molecule has 1 saturated carbocycles. The van der Waals surface area contributed by atoms with Gasteiger partial charge >= 0.3 is 5.69 Å². The van der Waals surface area contributed by atoms with Crippen molar-refractivity contribution >= 4 is 11.8 Å². The fraction of sp³-hybridized carbons (Fsp3) is 0.857. The molecule has 0 bridgehead atoms. The Labute approximate surface area is 124 Å². The summed E-state index contributed by atoms with van der Waals surface area (Å²) >= 11 is 1.68. The molecule has 2 rings (SSSR count). The van der Waals surface area contributed by atoms with Gasteiger partial charge in [0.25, 0.3) is 0 Å². The molecule has 1 aromatic rings. The normalized spacial score (nSPS) is 27.1. The van der Waals surface area contributed by atoms with Gasteiger partial charge in [-0.25, -0.2) is 9.89 Å². The van der Waals surface area contributed by atoms with Crippen LogP contribution in [0, 0.1) is 11.8 Å². The monoisotopic (exact) mass is 298 g/mol. The van der Waals surface area contributed by atoms with Crippen LogP contribution in [0.2, 0.25) is 0 Å². The largest absolute Gasteiger partial charge is 0.343 e. The second-order valence-electron chi connectivity index (χ2n) is 6.10. The topological polar surface area (TPSA) is 76.7 Å². The van der Waals surface area contributed by atoms with Gasteiger partial charge in [-0.1, -0.05) is 32.5 Å². The molecule has 6 heteroatoms. The summed E-state index contributed by atoms with van der Waals surface area (Å²) in [5.74, 6) is 1.43. The van der Waals surface area contributed by atoms with Crippen LogP contribution in [0.3, 0.4) is 0 Å². The molecule has 3 unspecified atom stereocenters. The Morgan fingerprint density at radius 2 is 2.25 bits per heavy atom. The molecule has 0 spiro atoms. The molecule has 0 radical (unpaired) electrons. The van der Waals surface area contributed by atoms with Crippen LogP contribution in [0.15, 0.2) is 9.95 Å². The first-order valence-corrected chi connectivity index (χ1v) is 8.48. The molecule has 1 aliphatic rings. The highest BCUT2D eigenvalue weighted by Gasteiger charge is 2.31. The molecule has 5 nitrogen and oxygen atoms in total. The van der Waals surface area contributed by atoms with Crippen LogP contribution < -0.4 is 11.4 Å². The van der Waals surface area contributed by atoms with Crippen LogP contribution >= 0.6 is 11.8 Å². The third-order valence-corrected chi connectivity index (χ3v) is 5.62. The highest BCUT2D eigenvalue weighted by Crippen LogP contribution is 2.37. The summed E-state index contributed by atoms with van der Waals surface area (Å²) in [7, 11) is 0. The predicted octanol–water partition coefficient (Wildman–Crippen LogP) is 2.23. The summed E-state index contributed by atoms with van der Waals surface area (Å²) in [6.07, 6.45) is 4.34. The van der Waals surface area contributed by atoms with E-state index in [1.807, 2.05) is 0 Å². The third kappa shape index (κ3) is 3.47. The van der Waals surface area contributed by atoms with E-state index in [2.05, 4.69) is 31.0 Å². The van der Waals surface area contributed by atoms with Crippen LogP contribution in [0.25, 0.3) is 0 Å². The van der Waals surface area contributed by atoms with Crippen LogP contribution in [0.1, 0.15) is 46.5 Å². The molecule has 0 aliphatic heterocycles. The molecule has 3 atom stereocenters. The zero-order valence-electron chi connectivity index (χ0n) is 12.6. The molecule has 0 amide bonds. The summed E-state index contributed by atoms with van der Waals surface area (Å²) in [5.41, 5.74) is 6.16. The molecular formula is C14H26N4OS. The first-order chi connectivity index (χ1) is 9.52. The van der Waals surface area contributed by atoms with Gasteiger partial charge < -0.3 is 5.73 Å². The number of hydrogen-bond donors (Lipinski definition) is 2. The summed E-state index contributed by atoms with van der Waals surface area (Å²) in [5, 5.41) is 7.88. The molecule has 114 valence electrons. The lowest BCUT2D eigenvalue weighted by atomic mass is 9.79. The molecule has 1 aromatic heterocycles. The minimum atomic E-state index is -0.112. The molecular weight excluding hydrogens is 272 g/mol.